The molecule has 6 nitrogen and oxygen atoms in total. The molecule has 3 atom stereocenters. The minimum Gasteiger partial charge on any atom is -0.462 e. The Morgan fingerprint density at radius 1 is 0.469 bits per heavy atom. The van der Waals surface area contributed by atoms with Crippen LogP contribution in [-0.4, -0.2) is 46.9 Å². The van der Waals surface area contributed by atoms with Gasteiger partial charge < -0.3 is 20.3 Å². The van der Waals surface area contributed by atoms with Crippen LogP contribution in [0.3, 0.4) is 0 Å². The molecule has 0 aromatic rings. The zero-order chi connectivity index (χ0) is 46.7. The lowest BCUT2D eigenvalue weighted by Crippen LogP contribution is -2.46. The first-order valence-electron chi connectivity index (χ1n) is 27.9. The number of nitrogens with one attached hydrogen (secondary N) is 1. The van der Waals surface area contributed by atoms with Crippen LogP contribution in [0, 0.1) is 0 Å². The number of unbranched alkanes of at least 4 members (excludes halogenated alkanes) is 30. The predicted octanol–water partition coefficient (Wildman–Crippen LogP) is 17.0. The molecule has 3 N–H and O–H groups in total. The maximum Gasteiger partial charge on any atom is 0.306 e. The van der Waals surface area contributed by atoms with Crippen molar-refractivity contribution in [2.24, 2.45) is 0 Å². The Morgan fingerprint density at radius 2 is 0.844 bits per heavy atom. The quantitative estimate of drug-likeness (QED) is 0.0321. The van der Waals surface area contributed by atoms with E-state index >= 15 is 0 Å². The van der Waals surface area contributed by atoms with E-state index in [1.807, 2.05) is 0 Å². The van der Waals surface area contributed by atoms with Gasteiger partial charge in [0.15, 0.2) is 0 Å². The van der Waals surface area contributed by atoms with E-state index < -0.39 is 18.2 Å². The van der Waals surface area contributed by atoms with E-state index in [2.05, 4.69) is 74.7 Å². The lowest BCUT2D eigenvalue weighted by Gasteiger charge is -2.24. The standard InChI is InChI=1S/C58H107NO5/c1-4-7-10-13-16-19-22-25-27-28-29-30-31-33-36-39-42-45-48-51-58(63)64-54(49-46-43-40-37-34-24-21-18-15-12-9-6-3)52-57(62)59-55(53-60)56(61)50-47-44-41-38-35-32-26-23-20-17-14-11-8-5-2/h9,12,16,18-19,21,25,27,54-56,60-61H,4-8,10-11,13-15,17,20,22-24,26,28-53H2,1-3H3,(H,59,62)/b12-9+,19-16-,21-18+,27-25-. The van der Waals surface area contributed by atoms with Gasteiger partial charge in [-0.1, -0.05) is 236 Å². The van der Waals surface area contributed by atoms with Crippen molar-refractivity contribution in [1.29, 1.82) is 0 Å². The largest absolute Gasteiger partial charge is 0.462 e. The number of esters is 1. The van der Waals surface area contributed by atoms with Gasteiger partial charge in [0.25, 0.3) is 0 Å². The Labute approximate surface area is 397 Å². The Kier molecular flexibility index (Phi) is 50.0. The van der Waals surface area contributed by atoms with Crippen LogP contribution in [0.4, 0.5) is 0 Å². The van der Waals surface area contributed by atoms with Crippen molar-refractivity contribution in [2.75, 3.05) is 6.61 Å². The van der Waals surface area contributed by atoms with Gasteiger partial charge in [-0.3, -0.25) is 9.59 Å². The summed E-state index contributed by atoms with van der Waals surface area (Å²) in [5.41, 5.74) is 0. The average Bonchev–Trinajstić information content (AvgIpc) is 3.29. The van der Waals surface area contributed by atoms with Crippen molar-refractivity contribution in [2.45, 2.75) is 302 Å². The molecular formula is C58H107NO5. The molecule has 0 radical (unpaired) electrons. The van der Waals surface area contributed by atoms with Crippen LogP contribution in [-0.2, 0) is 14.3 Å². The van der Waals surface area contributed by atoms with Gasteiger partial charge in [-0.25, -0.2) is 0 Å². The molecule has 0 aromatic carbocycles. The highest BCUT2D eigenvalue weighted by Gasteiger charge is 2.24. The van der Waals surface area contributed by atoms with Crippen LogP contribution in [0.5, 0.6) is 0 Å². The number of ether oxygens (including phenoxy) is 1. The molecule has 0 spiro atoms. The number of carbonyl (C=O) groups excluding carboxylic acids is 2. The van der Waals surface area contributed by atoms with E-state index in [-0.39, 0.29) is 24.9 Å². The zero-order valence-electron chi connectivity index (χ0n) is 42.7. The van der Waals surface area contributed by atoms with Crippen molar-refractivity contribution >= 4 is 11.9 Å². The molecule has 3 unspecified atom stereocenters. The van der Waals surface area contributed by atoms with E-state index in [9.17, 15) is 19.8 Å². The van der Waals surface area contributed by atoms with Gasteiger partial charge in [-0.05, 0) is 83.5 Å². The van der Waals surface area contributed by atoms with E-state index in [0.29, 0.717) is 19.3 Å². The molecule has 0 bridgehead atoms. The first kappa shape index (κ1) is 61.8. The normalized spacial score (nSPS) is 13.5. The summed E-state index contributed by atoms with van der Waals surface area (Å²) in [6.07, 6.45) is 63.2. The maximum absolute atomic E-state index is 13.2. The fourth-order valence-electron chi connectivity index (χ4n) is 8.44. The minimum atomic E-state index is -0.792. The van der Waals surface area contributed by atoms with Crippen molar-refractivity contribution in [1.82, 2.24) is 5.32 Å². The van der Waals surface area contributed by atoms with E-state index in [1.165, 1.54) is 154 Å². The number of allylic oxidation sites excluding steroid dienone is 8. The number of aliphatic hydroxyl groups excluding tert-OH is 2. The summed E-state index contributed by atoms with van der Waals surface area (Å²) >= 11 is 0. The van der Waals surface area contributed by atoms with Gasteiger partial charge in [0.05, 0.1) is 25.2 Å². The Balaban J connectivity index is 4.50. The summed E-state index contributed by atoms with van der Waals surface area (Å²) < 4.78 is 5.94. The van der Waals surface area contributed by atoms with Gasteiger partial charge in [-0.2, -0.15) is 0 Å². The van der Waals surface area contributed by atoms with Gasteiger partial charge in [0, 0.05) is 6.42 Å². The number of hydrogen-bond acceptors (Lipinski definition) is 5. The molecule has 0 aliphatic heterocycles. The van der Waals surface area contributed by atoms with Crippen LogP contribution in [0.2, 0.25) is 0 Å². The Morgan fingerprint density at radius 3 is 1.30 bits per heavy atom. The van der Waals surface area contributed by atoms with Gasteiger partial charge in [0.1, 0.15) is 6.10 Å². The zero-order valence-corrected chi connectivity index (χ0v) is 42.7. The summed E-state index contributed by atoms with van der Waals surface area (Å²) in [5, 5.41) is 23.8. The predicted molar refractivity (Wildman–Crippen MR) is 278 cm³/mol. The van der Waals surface area contributed by atoms with Crippen LogP contribution in [0.15, 0.2) is 48.6 Å². The lowest BCUT2D eigenvalue weighted by atomic mass is 10.0. The fourth-order valence-corrected chi connectivity index (χ4v) is 8.44. The molecule has 6 heteroatoms. The highest BCUT2D eigenvalue weighted by molar-refractivity contribution is 5.77. The van der Waals surface area contributed by atoms with Crippen LogP contribution < -0.4 is 5.32 Å². The molecule has 64 heavy (non-hydrogen) atoms. The summed E-state index contributed by atoms with van der Waals surface area (Å²) in [5.74, 6) is -0.484. The summed E-state index contributed by atoms with van der Waals surface area (Å²) in [6.45, 7) is 6.37. The number of rotatable bonds is 50. The molecule has 374 valence electrons. The summed E-state index contributed by atoms with van der Waals surface area (Å²) in [7, 11) is 0. The van der Waals surface area contributed by atoms with Crippen molar-refractivity contribution in [3.05, 3.63) is 48.6 Å². The molecule has 0 rings (SSSR count). The lowest BCUT2D eigenvalue weighted by molar-refractivity contribution is -0.151. The monoisotopic (exact) mass is 898 g/mol. The second-order valence-electron chi connectivity index (χ2n) is 19.0. The first-order chi connectivity index (χ1) is 31.5. The molecule has 0 aliphatic rings. The first-order valence-corrected chi connectivity index (χ1v) is 27.9. The van der Waals surface area contributed by atoms with Crippen molar-refractivity contribution < 1.29 is 24.5 Å². The number of hydrogen-bond donors (Lipinski definition) is 3. The SMILES string of the molecule is CC/C=C/C/C=C/CCCCCCCC(CC(=O)NC(CO)C(O)CCCCCCCCCCCCCCCC)OC(=O)CCCCCCCCCCC/C=C\C/C=C\CCCCC. The molecule has 0 fully saturated rings. The number of carbonyl (C=O) groups is 2. The van der Waals surface area contributed by atoms with Gasteiger partial charge in [0.2, 0.25) is 5.91 Å². The van der Waals surface area contributed by atoms with Crippen molar-refractivity contribution in [3.8, 4) is 0 Å². The Hall–Kier alpha value is -2.18. The van der Waals surface area contributed by atoms with Crippen LogP contribution in [0.25, 0.3) is 0 Å². The van der Waals surface area contributed by atoms with Crippen LogP contribution in [0.1, 0.15) is 284 Å². The van der Waals surface area contributed by atoms with E-state index in [4.69, 9.17) is 4.74 Å². The topological polar surface area (TPSA) is 95.9 Å². The van der Waals surface area contributed by atoms with Gasteiger partial charge in [-0.15, -0.1) is 0 Å². The molecule has 0 aromatic heterocycles. The minimum absolute atomic E-state index is 0.0674. The molecule has 0 heterocycles. The number of amides is 1. The highest BCUT2D eigenvalue weighted by Crippen LogP contribution is 2.18. The Bertz CT molecular complexity index is 1100. The van der Waals surface area contributed by atoms with Crippen LogP contribution >= 0.6 is 0 Å². The van der Waals surface area contributed by atoms with Crippen molar-refractivity contribution in [3.63, 3.8) is 0 Å². The summed E-state index contributed by atoms with van der Waals surface area (Å²) in [6, 6.07) is -0.706. The third-order valence-electron chi connectivity index (χ3n) is 12.6. The third-order valence-corrected chi connectivity index (χ3v) is 12.6. The molecule has 0 saturated heterocycles. The van der Waals surface area contributed by atoms with E-state index in [0.717, 1.165) is 83.5 Å². The summed E-state index contributed by atoms with van der Waals surface area (Å²) in [4.78, 5) is 26.2. The smallest absolute Gasteiger partial charge is 0.306 e. The second-order valence-corrected chi connectivity index (χ2v) is 19.0. The highest BCUT2D eigenvalue weighted by atomic mass is 16.5. The third kappa shape index (κ3) is 46.4. The van der Waals surface area contributed by atoms with E-state index in [1.54, 1.807) is 0 Å². The fraction of sp³-hybridized carbons (Fsp3) is 0.828. The van der Waals surface area contributed by atoms with Gasteiger partial charge >= 0.3 is 5.97 Å². The average molecular weight is 898 g/mol. The molecular weight excluding hydrogens is 791 g/mol. The number of aliphatic hydroxyl groups is 2. The molecule has 0 aliphatic carbocycles. The maximum atomic E-state index is 13.2. The second kappa shape index (κ2) is 51.8. The molecule has 0 saturated carbocycles. The molecule has 1 amide bonds.